The Morgan fingerprint density at radius 2 is 2.07 bits per heavy atom. The largest absolute Gasteiger partial charge is 0.394 e. The molecule has 1 saturated carbocycles. The van der Waals surface area contributed by atoms with Crippen LogP contribution in [0, 0.1) is 11.8 Å². The summed E-state index contributed by atoms with van der Waals surface area (Å²) in [6.07, 6.45) is 5.69. The molecule has 2 aliphatic rings. The third kappa shape index (κ3) is 2.56. The van der Waals surface area contributed by atoms with E-state index in [0.717, 1.165) is 5.57 Å². The van der Waals surface area contributed by atoms with Gasteiger partial charge in [0.05, 0.1) is 13.2 Å². The highest BCUT2D eigenvalue weighted by Crippen LogP contribution is 2.43. The van der Waals surface area contributed by atoms with Gasteiger partial charge in [-0.3, -0.25) is 4.79 Å². The number of fused-ring (bicyclic) bond motifs is 2. The number of aliphatic hydroxyl groups is 2. The fourth-order valence-corrected chi connectivity index (χ4v) is 2.12. The number of hydrogen-bond acceptors (Lipinski definition) is 3. The van der Waals surface area contributed by atoms with Crippen LogP contribution in [-0.4, -0.2) is 29.3 Å². The maximum absolute atomic E-state index is 10.7. The molecule has 0 heterocycles. The predicted octanol–water partition coefficient (Wildman–Crippen LogP) is -0.201. The van der Waals surface area contributed by atoms with Gasteiger partial charge < -0.3 is 15.9 Å². The lowest BCUT2D eigenvalue weighted by Crippen LogP contribution is -2.18. The van der Waals surface area contributed by atoms with Crippen LogP contribution in [0.1, 0.15) is 19.3 Å². The van der Waals surface area contributed by atoms with Crippen molar-refractivity contribution < 1.29 is 15.0 Å². The maximum Gasteiger partial charge on any atom is 0.244 e. The minimum absolute atomic E-state index is 0.125. The first-order valence-electron chi connectivity index (χ1n) is 4.92. The molecule has 0 aromatic rings. The molecule has 2 atom stereocenters. The molecule has 4 heteroatoms. The van der Waals surface area contributed by atoms with Crippen LogP contribution in [-0.2, 0) is 4.79 Å². The van der Waals surface area contributed by atoms with Crippen LogP contribution in [0.5, 0.6) is 0 Å². The fraction of sp³-hybridized carbons (Fsp3) is 0.700. The van der Waals surface area contributed by atoms with E-state index in [0.29, 0.717) is 11.8 Å². The fourth-order valence-electron chi connectivity index (χ4n) is 2.12. The molecular formula is C10H17NO3. The zero-order valence-electron chi connectivity index (χ0n) is 8.15. The Bertz CT molecular complexity index is 236. The summed E-state index contributed by atoms with van der Waals surface area (Å²) >= 11 is 0. The van der Waals surface area contributed by atoms with Crippen LogP contribution < -0.4 is 5.73 Å². The molecule has 2 unspecified atom stereocenters. The number of nitrogens with two attached hydrogens (primary N) is 1. The average Bonchev–Trinajstić information content (AvgIpc) is 2.79. The van der Waals surface area contributed by atoms with Crippen molar-refractivity contribution in [3.63, 3.8) is 0 Å². The molecule has 80 valence electrons. The quantitative estimate of drug-likeness (QED) is 0.576. The molecule has 2 aliphatic carbocycles. The van der Waals surface area contributed by atoms with Gasteiger partial charge in [0.2, 0.25) is 5.91 Å². The smallest absolute Gasteiger partial charge is 0.244 e. The molecule has 4 N–H and O–H groups in total. The Morgan fingerprint density at radius 1 is 1.43 bits per heavy atom. The van der Waals surface area contributed by atoms with Crippen LogP contribution in [0.4, 0.5) is 0 Å². The van der Waals surface area contributed by atoms with E-state index in [-0.39, 0.29) is 19.1 Å². The highest BCUT2D eigenvalue weighted by atomic mass is 16.3. The van der Waals surface area contributed by atoms with E-state index in [1.54, 1.807) is 0 Å². The molecule has 2 bridgehead atoms. The highest BCUT2D eigenvalue weighted by Gasteiger charge is 2.34. The number of aliphatic hydroxyl groups excluding tert-OH is 2. The minimum atomic E-state index is -0.202. The Hall–Kier alpha value is -0.870. The SMILES string of the molecule is NC(=O)C1=CC2CCC1C2.OCCO. The van der Waals surface area contributed by atoms with E-state index in [9.17, 15) is 4.79 Å². The van der Waals surface area contributed by atoms with Gasteiger partial charge in [0.25, 0.3) is 0 Å². The van der Waals surface area contributed by atoms with Crippen molar-refractivity contribution in [2.24, 2.45) is 17.6 Å². The Morgan fingerprint density at radius 3 is 2.29 bits per heavy atom. The molecule has 0 aliphatic heterocycles. The lowest BCUT2D eigenvalue weighted by molar-refractivity contribution is -0.115. The summed E-state index contributed by atoms with van der Waals surface area (Å²) < 4.78 is 0. The molecule has 0 radical (unpaired) electrons. The van der Waals surface area contributed by atoms with Gasteiger partial charge in [0.1, 0.15) is 0 Å². The summed E-state index contributed by atoms with van der Waals surface area (Å²) in [5.41, 5.74) is 6.08. The van der Waals surface area contributed by atoms with Crippen LogP contribution >= 0.6 is 0 Å². The van der Waals surface area contributed by atoms with Crippen LogP contribution in [0.2, 0.25) is 0 Å². The Kier molecular flexibility index (Phi) is 4.10. The number of carbonyl (C=O) groups is 1. The van der Waals surface area contributed by atoms with Crippen molar-refractivity contribution in [1.82, 2.24) is 0 Å². The van der Waals surface area contributed by atoms with Crippen LogP contribution in [0.25, 0.3) is 0 Å². The second-order valence-electron chi connectivity index (χ2n) is 3.70. The van der Waals surface area contributed by atoms with Crippen molar-refractivity contribution in [1.29, 1.82) is 0 Å². The van der Waals surface area contributed by atoms with Gasteiger partial charge in [-0.15, -0.1) is 0 Å². The van der Waals surface area contributed by atoms with Crippen molar-refractivity contribution in [2.45, 2.75) is 19.3 Å². The van der Waals surface area contributed by atoms with E-state index < -0.39 is 0 Å². The topological polar surface area (TPSA) is 83.6 Å². The Balaban J connectivity index is 0.000000213. The number of amides is 1. The first kappa shape index (κ1) is 11.2. The van der Waals surface area contributed by atoms with Gasteiger partial charge in [-0.1, -0.05) is 6.08 Å². The van der Waals surface area contributed by atoms with Crippen molar-refractivity contribution in [3.8, 4) is 0 Å². The summed E-state index contributed by atoms with van der Waals surface area (Å²) in [6, 6.07) is 0. The van der Waals surface area contributed by atoms with Gasteiger partial charge >= 0.3 is 0 Å². The molecule has 14 heavy (non-hydrogen) atoms. The van der Waals surface area contributed by atoms with E-state index in [4.69, 9.17) is 15.9 Å². The maximum atomic E-state index is 10.7. The molecule has 0 spiro atoms. The number of allylic oxidation sites excluding steroid dienone is 1. The summed E-state index contributed by atoms with van der Waals surface area (Å²) in [7, 11) is 0. The monoisotopic (exact) mass is 199 g/mol. The minimum Gasteiger partial charge on any atom is -0.394 e. The van der Waals surface area contributed by atoms with E-state index in [2.05, 4.69) is 6.08 Å². The van der Waals surface area contributed by atoms with E-state index >= 15 is 0 Å². The van der Waals surface area contributed by atoms with Crippen molar-refractivity contribution in [3.05, 3.63) is 11.6 Å². The van der Waals surface area contributed by atoms with Gasteiger partial charge in [-0.05, 0) is 31.1 Å². The summed E-state index contributed by atoms with van der Waals surface area (Å²) in [6.45, 7) is -0.250. The molecule has 0 saturated heterocycles. The standard InChI is InChI=1S/C8H11NO.C2H6O2/c9-8(10)7-4-5-1-2-6(7)3-5;3-1-2-4/h4-6H,1-3H2,(H2,9,10);3-4H,1-2H2. The molecule has 0 aromatic carbocycles. The molecule has 2 rings (SSSR count). The highest BCUT2D eigenvalue weighted by molar-refractivity contribution is 5.93. The van der Waals surface area contributed by atoms with Gasteiger partial charge in [-0.25, -0.2) is 0 Å². The molecule has 1 fully saturated rings. The second kappa shape index (κ2) is 5.12. The molecule has 0 aromatic heterocycles. The van der Waals surface area contributed by atoms with Crippen molar-refractivity contribution >= 4 is 5.91 Å². The lowest BCUT2D eigenvalue weighted by atomic mass is 9.98. The zero-order valence-corrected chi connectivity index (χ0v) is 8.15. The number of primary amides is 1. The molecule has 4 nitrogen and oxygen atoms in total. The predicted molar refractivity (Wildman–Crippen MR) is 52.3 cm³/mol. The average molecular weight is 199 g/mol. The first-order valence-corrected chi connectivity index (χ1v) is 4.92. The van der Waals surface area contributed by atoms with Gasteiger partial charge in [-0.2, -0.15) is 0 Å². The van der Waals surface area contributed by atoms with Gasteiger partial charge in [0, 0.05) is 5.57 Å². The number of carbonyl (C=O) groups excluding carboxylic acids is 1. The summed E-state index contributed by atoms with van der Waals surface area (Å²) in [5.74, 6) is 0.988. The van der Waals surface area contributed by atoms with Gasteiger partial charge in [0.15, 0.2) is 0 Å². The Labute approximate surface area is 83.4 Å². The number of rotatable bonds is 2. The normalized spacial score (nSPS) is 28.0. The van der Waals surface area contributed by atoms with Crippen LogP contribution in [0.15, 0.2) is 11.6 Å². The van der Waals surface area contributed by atoms with E-state index in [1.807, 2.05) is 0 Å². The number of hydrogen-bond donors (Lipinski definition) is 3. The van der Waals surface area contributed by atoms with Crippen molar-refractivity contribution in [2.75, 3.05) is 13.2 Å². The third-order valence-corrected chi connectivity index (χ3v) is 2.71. The summed E-state index contributed by atoms with van der Waals surface area (Å²) in [4.78, 5) is 10.7. The second-order valence-corrected chi connectivity index (χ2v) is 3.70. The summed E-state index contributed by atoms with van der Waals surface area (Å²) in [5, 5.41) is 15.2. The zero-order chi connectivity index (χ0) is 10.6. The third-order valence-electron chi connectivity index (χ3n) is 2.71. The molecular weight excluding hydrogens is 182 g/mol. The van der Waals surface area contributed by atoms with Crippen LogP contribution in [0.3, 0.4) is 0 Å². The molecule has 1 amide bonds. The first-order chi connectivity index (χ1) is 6.69. The van der Waals surface area contributed by atoms with E-state index in [1.165, 1.54) is 19.3 Å². The lowest BCUT2D eigenvalue weighted by Gasteiger charge is -2.07.